The number of benzene rings is 1. The number of hydrogen-bond acceptors (Lipinski definition) is 2. The first-order chi connectivity index (χ1) is 8.66. The van der Waals surface area contributed by atoms with E-state index in [1.807, 2.05) is 12.1 Å². The Morgan fingerprint density at radius 1 is 1.11 bits per heavy atom. The highest BCUT2D eigenvalue weighted by Gasteiger charge is 2.23. The Bertz CT molecular complexity index is 436. The topological polar surface area (TPSA) is 37.4 Å². The fourth-order valence-corrected chi connectivity index (χ4v) is 2.24. The summed E-state index contributed by atoms with van der Waals surface area (Å²) in [4.78, 5) is 25.2. The summed E-state index contributed by atoms with van der Waals surface area (Å²) < 4.78 is 0. The molecule has 0 unspecified atom stereocenters. The van der Waals surface area contributed by atoms with Gasteiger partial charge in [-0.1, -0.05) is 23.7 Å². The molecule has 3 nitrogen and oxygen atoms in total. The molecule has 2 rings (SSSR count). The number of nitrogens with zero attached hydrogens (tertiary/aromatic N) is 1. The quantitative estimate of drug-likeness (QED) is 0.785. The SMILES string of the molecule is O=C(CCc1ccc(Cl)cc1)C(=O)N1CCCC1. The van der Waals surface area contributed by atoms with E-state index >= 15 is 0 Å². The van der Waals surface area contributed by atoms with Gasteiger partial charge in [0.1, 0.15) is 0 Å². The Morgan fingerprint density at radius 3 is 2.33 bits per heavy atom. The van der Waals surface area contributed by atoms with Crippen molar-refractivity contribution in [2.45, 2.75) is 25.7 Å². The molecule has 1 amide bonds. The number of Topliss-reactive ketones (excluding diaryl/α,β-unsaturated/α-hetero) is 1. The van der Waals surface area contributed by atoms with Crippen LogP contribution in [0.25, 0.3) is 0 Å². The van der Waals surface area contributed by atoms with E-state index in [1.165, 1.54) is 0 Å². The van der Waals surface area contributed by atoms with Gasteiger partial charge < -0.3 is 4.90 Å². The summed E-state index contributed by atoms with van der Waals surface area (Å²) in [6.07, 6.45) is 2.89. The average Bonchev–Trinajstić information content (AvgIpc) is 2.90. The maximum Gasteiger partial charge on any atom is 0.289 e. The lowest BCUT2D eigenvalue weighted by atomic mass is 10.1. The van der Waals surface area contributed by atoms with Gasteiger partial charge in [-0.15, -0.1) is 0 Å². The number of carbonyl (C=O) groups is 2. The van der Waals surface area contributed by atoms with Crippen LogP contribution in [0.2, 0.25) is 5.02 Å². The molecule has 96 valence electrons. The first kappa shape index (κ1) is 13.1. The van der Waals surface area contributed by atoms with Crippen LogP contribution in [0.5, 0.6) is 0 Å². The molecule has 1 aliphatic rings. The van der Waals surface area contributed by atoms with Gasteiger partial charge >= 0.3 is 0 Å². The van der Waals surface area contributed by atoms with Crippen molar-refractivity contribution >= 4 is 23.3 Å². The van der Waals surface area contributed by atoms with Gasteiger partial charge in [0.2, 0.25) is 5.78 Å². The fourth-order valence-electron chi connectivity index (χ4n) is 2.11. The van der Waals surface area contributed by atoms with Crippen molar-refractivity contribution in [1.29, 1.82) is 0 Å². The van der Waals surface area contributed by atoms with Gasteiger partial charge in [0.15, 0.2) is 0 Å². The third kappa shape index (κ3) is 3.33. The van der Waals surface area contributed by atoms with Gasteiger partial charge in [-0.2, -0.15) is 0 Å². The fraction of sp³-hybridized carbons (Fsp3) is 0.429. The molecule has 1 aromatic rings. The minimum Gasteiger partial charge on any atom is -0.336 e. The van der Waals surface area contributed by atoms with Crippen LogP contribution >= 0.6 is 11.6 Å². The number of halogens is 1. The van der Waals surface area contributed by atoms with Gasteiger partial charge in [0, 0.05) is 24.5 Å². The van der Waals surface area contributed by atoms with Crippen LogP contribution < -0.4 is 0 Å². The second kappa shape index (κ2) is 6.01. The lowest BCUT2D eigenvalue weighted by Gasteiger charge is -2.13. The highest BCUT2D eigenvalue weighted by atomic mass is 35.5. The van der Waals surface area contributed by atoms with Gasteiger partial charge in [0.25, 0.3) is 5.91 Å². The zero-order chi connectivity index (χ0) is 13.0. The Balaban J connectivity index is 1.84. The van der Waals surface area contributed by atoms with E-state index in [2.05, 4.69) is 0 Å². The molecule has 0 radical (unpaired) electrons. The minimum absolute atomic E-state index is 0.275. The lowest BCUT2D eigenvalue weighted by Crippen LogP contribution is -2.34. The van der Waals surface area contributed by atoms with Crippen molar-refractivity contribution in [3.05, 3.63) is 34.9 Å². The van der Waals surface area contributed by atoms with Crippen molar-refractivity contribution in [3.8, 4) is 0 Å². The smallest absolute Gasteiger partial charge is 0.289 e. The third-order valence-electron chi connectivity index (χ3n) is 3.19. The minimum atomic E-state index is -0.318. The van der Waals surface area contributed by atoms with Crippen LogP contribution in [0.4, 0.5) is 0 Å². The second-order valence-corrected chi connectivity index (χ2v) is 4.99. The number of hydrogen-bond donors (Lipinski definition) is 0. The number of ketones is 1. The molecule has 0 saturated carbocycles. The molecule has 0 N–H and O–H groups in total. The normalized spacial score (nSPS) is 14.8. The van der Waals surface area contributed by atoms with Gasteiger partial charge in [0.05, 0.1) is 0 Å². The van der Waals surface area contributed by atoms with Crippen molar-refractivity contribution in [1.82, 2.24) is 4.90 Å². The van der Waals surface area contributed by atoms with Crippen molar-refractivity contribution < 1.29 is 9.59 Å². The molecule has 18 heavy (non-hydrogen) atoms. The van der Waals surface area contributed by atoms with Crippen LogP contribution in [0.1, 0.15) is 24.8 Å². The van der Waals surface area contributed by atoms with Crippen molar-refractivity contribution in [2.75, 3.05) is 13.1 Å². The molecule has 1 fully saturated rings. The Morgan fingerprint density at radius 2 is 1.72 bits per heavy atom. The maximum absolute atomic E-state index is 11.8. The molecule has 1 aliphatic heterocycles. The molecule has 1 saturated heterocycles. The predicted octanol–water partition coefficient (Wildman–Crippen LogP) is 2.46. The standard InChI is InChI=1S/C14H16ClNO2/c15-12-6-3-11(4-7-12)5-8-13(17)14(18)16-9-1-2-10-16/h3-4,6-7H,1-2,5,8-10H2. The molecule has 0 bridgehead atoms. The average molecular weight is 266 g/mol. The summed E-state index contributed by atoms with van der Waals surface area (Å²) >= 11 is 5.78. The number of likely N-dealkylation sites (tertiary alicyclic amines) is 1. The molecule has 1 heterocycles. The lowest BCUT2D eigenvalue weighted by molar-refractivity contribution is -0.143. The second-order valence-electron chi connectivity index (χ2n) is 4.55. The first-order valence-electron chi connectivity index (χ1n) is 6.23. The monoisotopic (exact) mass is 265 g/mol. The summed E-state index contributed by atoms with van der Waals surface area (Å²) in [5.41, 5.74) is 1.03. The number of rotatable bonds is 4. The highest BCUT2D eigenvalue weighted by molar-refractivity contribution is 6.36. The zero-order valence-electron chi connectivity index (χ0n) is 10.2. The van der Waals surface area contributed by atoms with Gasteiger partial charge in [-0.25, -0.2) is 0 Å². The van der Waals surface area contributed by atoms with E-state index in [4.69, 9.17) is 11.6 Å². The summed E-state index contributed by atoms with van der Waals surface area (Å²) in [6, 6.07) is 7.36. The molecule has 1 aromatic carbocycles. The van der Waals surface area contributed by atoms with Crippen LogP contribution in [-0.4, -0.2) is 29.7 Å². The highest BCUT2D eigenvalue weighted by Crippen LogP contribution is 2.12. The van der Waals surface area contributed by atoms with E-state index in [0.29, 0.717) is 11.4 Å². The summed E-state index contributed by atoms with van der Waals surface area (Å²) in [5.74, 6) is -0.603. The van der Waals surface area contributed by atoms with Crippen LogP contribution in [0, 0.1) is 0 Å². The number of aryl methyl sites for hydroxylation is 1. The Kier molecular flexibility index (Phi) is 4.37. The maximum atomic E-state index is 11.8. The van der Waals surface area contributed by atoms with Crippen molar-refractivity contribution in [3.63, 3.8) is 0 Å². The van der Waals surface area contributed by atoms with E-state index in [9.17, 15) is 9.59 Å². The molecular formula is C14H16ClNO2. The molecule has 4 heteroatoms. The van der Waals surface area contributed by atoms with Crippen LogP contribution in [0.15, 0.2) is 24.3 Å². The molecule has 0 aliphatic carbocycles. The van der Waals surface area contributed by atoms with E-state index in [-0.39, 0.29) is 18.1 Å². The van der Waals surface area contributed by atoms with E-state index in [1.54, 1.807) is 17.0 Å². The van der Waals surface area contributed by atoms with Crippen molar-refractivity contribution in [2.24, 2.45) is 0 Å². The molecule has 0 spiro atoms. The van der Waals surface area contributed by atoms with E-state index in [0.717, 1.165) is 31.5 Å². The molecular weight excluding hydrogens is 250 g/mol. The predicted molar refractivity (Wildman–Crippen MR) is 70.6 cm³/mol. The zero-order valence-corrected chi connectivity index (χ0v) is 10.9. The Labute approximate surface area is 112 Å². The Hall–Kier alpha value is -1.35. The number of carbonyl (C=O) groups excluding carboxylic acids is 2. The van der Waals surface area contributed by atoms with Gasteiger partial charge in [-0.05, 0) is 37.0 Å². The third-order valence-corrected chi connectivity index (χ3v) is 3.44. The summed E-state index contributed by atoms with van der Waals surface area (Å²) in [5, 5.41) is 0.679. The molecule has 0 atom stereocenters. The van der Waals surface area contributed by atoms with Crippen LogP contribution in [0.3, 0.4) is 0 Å². The largest absolute Gasteiger partial charge is 0.336 e. The molecule has 0 aromatic heterocycles. The van der Waals surface area contributed by atoms with Gasteiger partial charge in [-0.3, -0.25) is 9.59 Å². The summed E-state index contributed by atoms with van der Waals surface area (Å²) in [6.45, 7) is 1.46. The summed E-state index contributed by atoms with van der Waals surface area (Å²) in [7, 11) is 0. The van der Waals surface area contributed by atoms with E-state index < -0.39 is 0 Å². The first-order valence-corrected chi connectivity index (χ1v) is 6.61. The van der Waals surface area contributed by atoms with Crippen LogP contribution in [-0.2, 0) is 16.0 Å². The number of amides is 1.